The largest absolute Gasteiger partial charge is 0.497 e. The van der Waals surface area contributed by atoms with Crippen molar-refractivity contribution < 1.29 is 22.7 Å². The smallest absolute Gasteiger partial charge is 0.264 e. The third-order valence-corrected chi connectivity index (χ3v) is 9.56. The maximum absolute atomic E-state index is 14.5. The van der Waals surface area contributed by atoms with Crippen LogP contribution in [0, 0.1) is 0 Å². The van der Waals surface area contributed by atoms with E-state index in [9.17, 15) is 18.0 Å². The van der Waals surface area contributed by atoms with Crippen LogP contribution < -0.4 is 14.4 Å². The summed E-state index contributed by atoms with van der Waals surface area (Å²) in [6.45, 7) is 2.91. The van der Waals surface area contributed by atoms with Gasteiger partial charge in [-0.1, -0.05) is 77.8 Å². The number of carbonyl (C=O) groups excluding carboxylic acids is 2. The van der Waals surface area contributed by atoms with Crippen molar-refractivity contribution >= 4 is 50.7 Å². The quantitative estimate of drug-likeness (QED) is 0.179. The minimum Gasteiger partial charge on any atom is -0.497 e. The summed E-state index contributed by atoms with van der Waals surface area (Å²) in [4.78, 5) is 29.7. The third-order valence-electron chi connectivity index (χ3n) is 7.06. The Bertz CT molecular complexity index is 1680. The first-order valence-electron chi connectivity index (χ1n) is 14.3. The van der Waals surface area contributed by atoms with Gasteiger partial charge in [-0.25, -0.2) is 8.42 Å². The summed E-state index contributed by atoms with van der Waals surface area (Å²) in [5.74, 6) is -0.501. The summed E-state index contributed by atoms with van der Waals surface area (Å²) in [6.07, 6.45) is 0.168. The van der Waals surface area contributed by atoms with Crippen molar-refractivity contribution in [2.45, 2.75) is 43.8 Å². The molecule has 4 aromatic rings. The summed E-state index contributed by atoms with van der Waals surface area (Å²) >= 11 is 13.1. The Morgan fingerprint density at radius 3 is 1.96 bits per heavy atom. The molecule has 1 atom stereocenters. The zero-order chi connectivity index (χ0) is 32.6. The monoisotopic (exact) mass is 667 g/mol. The highest BCUT2D eigenvalue weighted by Crippen LogP contribution is 2.29. The predicted molar refractivity (Wildman–Crippen MR) is 178 cm³/mol. The van der Waals surface area contributed by atoms with Gasteiger partial charge in [0.1, 0.15) is 18.3 Å². The van der Waals surface area contributed by atoms with Gasteiger partial charge in [0, 0.05) is 34.6 Å². The molecule has 0 aliphatic heterocycles. The van der Waals surface area contributed by atoms with Crippen LogP contribution in [0.2, 0.25) is 10.0 Å². The van der Waals surface area contributed by atoms with Crippen molar-refractivity contribution in [3.63, 3.8) is 0 Å². The number of carbonyl (C=O) groups is 2. The number of benzene rings is 4. The zero-order valence-electron chi connectivity index (χ0n) is 25.2. The molecule has 236 valence electrons. The van der Waals surface area contributed by atoms with E-state index in [1.165, 1.54) is 24.1 Å². The van der Waals surface area contributed by atoms with E-state index in [1.54, 1.807) is 60.7 Å². The normalized spacial score (nSPS) is 12.0. The fourth-order valence-corrected chi connectivity index (χ4v) is 6.74. The van der Waals surface area contributed by atoms with Crippen molar-refractivity contribution in [3.05, 3.63) is 124 Å². The maximum atomic E-state index is 14.5. The number of nitrogens with zero attached hydrogens (tertiary/aromatic N) is 2. The SMILES string of the molecule is COc1ccc(N(CC(=O)N(Cc2c(Cl)cccc2Cl)[C@@H](Cc2ccccc2)C(=O)NC(C)C)S(=O)(=O)c2ccccc2)cc1. The van der Waals surface area contributed by atoms with Crippen LogP contribution in [0.1, 0.15) is 25.0 Å². The van der Waals surface area contributed by atoms with Gasteiger partial charge in [-0.3, -0.25) is 13.9 Å². The second-order valence-electron chi connectivity index (χ2n) is 10.6. The lowest BCUT2D eigenvalue weighted by Crippen LogP contribution is -2.54. The Morgan fingerprint density at radius 1 is 0.822 bits per heavy atom. The van der Waals surface area contributed by atoms with Crippen LogP contribution in [0.5, 0.6) is 5.75 Å². The molecule has 0 fully saturated rings. The Kier molecular flexibility index (Phi) is 11.5. The van der Waals surface area contributed by atoms with Crippen LogP contribution in [-0.2, 0) is 32.6 Å². The number of amides is 2. The summed E-state index contributed by atoms with van der Waals surface area (Å²) in [5.41, 5.74) is 1.50. The van der Waals surface area contributed by atoms with Crippen molar-refractivity contribution in [2.24, 2.45) is 0 Å². The molecule has 0 aliphatic carbocycles. The van der Waals surface area contributed by atoms with Gasteiger partial charge >= 0.3 is 0 Å². The number of rotatable bonds is 13. The lowest BCUT2D eigenvalue weighted by molar-refractivity contribution is -0.140. The highest BCUT2D eigenvalue weighted by atomic mass is 35.5. The summed E-state index contributed by atoms with van der Waals surface area (Å²) in [6, 6.07) is 27.2. The standard InChI is InChI=1S/C34H35Cl2N3O5S/c1-24(2)37-34(41)32(21-25-11-6-4-7-12-25)38(22-29-30(35)15-10-16-31(29)36)33(40)23-39(26-17-19-27(44-3)20-18-26)45(42,43)28-13-8-5-9-14-28/h4-20,24,32H,21-23H2,1-3H3,(H,37,41)/t32-/m0/s1. The Morgan fingerprint density at radius 2 is 1.40 bits per heavy atom. The van der Waals surface area contributed by atoms with Crippen LogP contribution in [0.3, 0.4) is 0 Å². The van der Waals surface area contributed by atoms with Gasteiger partial charge in [0.05, 0.1) is 17.7 Å². The second-order valence-corrected chi connectivity index (χ2v) is 13.3. The van der Waals surface area contributed by atoms with Crippen LogP contribution in [0.25, 0.3) is 0 Å². The molecule has 0 radical (unpaired) electrons. The van der Waals surface area contributed by atoms with Crippen molar-refractivity contribution in [3.8, 4) is 5.75 Å². The molecular weight excluding hydrogens is 633 g/mol. The average Bonchev–Trinajstić information content (AvgIpc) is 3.03. The number of hydrogen-bond acceptors (Lipinski definition) is 5. The van der Waals surface area contributed by atoms with E-state index in [0.717, 1.165) is 9.87 Å². The van der Waals surface area contributed by atoms with E-state index in [4.69, 9.17) is 27.9 Å². The molecule has 1 N–H and O–H groups in total. The Balaban J connectivity index is 1.83. The molecule has 0 aromatic heterocycles. The second kappa shape index (κ2) is 15.3. The average molecular weight is 669 g/mol. The van der Waals surface area contributed by atoms with E-state index >= 15 is 0 Å². The minimum absolute atomic E-state index is 0.00713. The van der Waals surface area contributed by atoms with E-state index in [2.05, 4.69) is 5.32 Å². The fourth-order valence-electron chi connectivity index (χ4n) is 4.79. The lowest BCUT2D eigenvalue weighted by Gasteiger charge is -2.34. The van der Waals surface area contributed by atoms with Gasteiger partial charge in [-0.15, -0.1) is 0 Å². The van der Waals surface area contributed by atoms with Gasteiger partial charge in [-0.2, -0.15) is 0 Å². The summed E-state index contributed by atoms with van der Waals surface area (Å²) < 4.78 is 34.4. The molecule has 45 heavy (non-hydrogen) atoms. The number of anilines is 1. The van der Waals surface area contributed by atoms with E-state index in [1.807, 2.05) is 44.2 Å². The summed E-state index contributed by atoms with van der Waals surface area (Å²) in [7, 11) is -2.72. The molecule has 0 unspecified atom stereocenters. The first kappa shape index (κ1) is 33.8. The number of nitrogens with one attached hydrogen (secondary N) is 1. The fraction of sp³-hybridized carbons (Fsp3) is 0.235. The molecule has 4 aromatic carbocycles. The van der Waals surface area contributed by atoms with Gasteiger partial charge < -0.3 is 15.0 Å². The molecule has 0 heterocycles. The Labute approximate surface area is 274 Å². The van der Waals surface area contributed by atoms with Crippen molar-refractivity contribution in [1.82, 2.24) is 10.2 Å². The van der Waals surface area contributed by atoms with E-state index < -0.39 is 34.4 Å². The van der Waals surface area contributed by atoms with Crippen LogP contribution in [0.15, 0.2) is 108 Å². The van der Waals surface area contributed by atoms with Gasteiger partial charge in [0.2, 0.25) is 11.8 Å². The molecule has 11 heteroatoms. The van der Waals surface area contributed by atoms with Crippen LogP contribution in [0.4, 0.5) is 5.69 Å². The molecule has 2 amide bonds. The first-order valence-corrected chi connectivity index (χ1v) is 16.5. The highest BCUT2D eigenvalue weighted by Gasteiger charge is 2.35. The minimum atomic E-state index is -4.22. The van der Waals surface area contributed by atoms with Crippen molar-refractivity contribution in [1.29, 1.82) is 0 Å². The van der Waals surface area contributed by atoms with Gasteiger partial charge in [0.25, 0.3) is 10.0 Å². The molecule has 4 rings (SSSR count). The maximum Gasteiger partial charge on any atom is 0.264 e. The highest BCUT2D eigenvalue weighted by molar-refractivity contribution is 7.92. The number of ether oxygens (including phenoxy) is 1. The molecule has 0 spiro atoms. The number of sulfonamides is 1. The topological polar surface area (TPSA) is 96.0 Å². The first-order chi connectivity index (χ1) is 21.5. The molecule has 0 aliphatic rings. The summed E-state index contributed by atoms with van der Waals surface area (Å²) in [5, 5.41) is 3.55. The number of hydrogen-bond donors (Lipinski definition) is 1. The molecule has 0 saturated heterocycles. The van der Waals surface area contributed by atoms with Gasteiger partial charge in [-0.05, 0) is 67.9 Å². The number of methoxy groups -OCH3 is 1. The number of halogens is 2. The molecule has 0 saturated carbocycles. The van der Waals surface area contributed by atoms with Crippen LogP contribution >= 0.6 is 23.2 Å². The van der Waals surface area contributed by atoms with E-state index in [-0.39, 0.29) is 29.6 Å². The molecule has 0 bridgehead atoms. The van der Waals surface area contributed by atoms with E-state index in [0.29, 0.717) is 21.4 Å². The zero-order valence-corrected chi connectivity index (χ0v) is 27.5. The molecular formula is C34H35Cl2N3O5S. The molecule has 8 nitrogen and oxygen atoms in total. The predicted octanol–water partition coefficient (Wildman–Crippen LogP) is 6.36. The van der Waals surface area contributed by atoms with Gasteiger partial charge in [0.15, 0.2) is 0 Å². The lowest BCUT2D eigenvalue weighted by atomic mass is 10.0. The van der Waals surface area contributed by atoms with Crippen molar-refractivity contribution in [2.75, 3.05) is 18.0 Å². The third kappa shape index (κ3) is 8.57. The Hall–Kier alpha value is -4.05. The van der Waals surface area contributed by atoms with Crippen LogP contribution in [-0.4, -0.2) is 50.9 Å².